The summed E-state index contributed by atoms with van der Waals surface area (Å²) in [7, 11) is 2.89. The van der Waals surface area contributed by atoms with Gasteiger partial charge < -0.3 is 29.5 Å². The van der Waals surface area contributed by atoms with Gasteiger partial charge in [-0.3, -0.25) is 14.4 Å². The normalized spacial score (nSPS) is 16.5. The SMILES string of the molecule is C=C/C(OC(C)=O)=C(\C=C(/NC=O)C(=O)N1C=C(c2ccc(OC)cc2)C[C@H]1CO)OC. The number of nitrogens with zero attached hydrogens (tertiary/aromatic N) is 1. The van der Waals surface area contributed by atoms with Crippen molar-refractivity contribution in [3.63, 3.8) is 0 Å². The molecule has 170 valence electrons. The summed E-state index contributed by atoms with van der Waals surface area (Å²) in [5.41, 5.74) is 1.56. The lowest BCUT2D eigenvalue weighted by Gasteiger charge is -2.23. The Morgan fingerprint density at radius 2 is 1.94 bits per heavy atom. The molecule has 1 aromatic carbocycles. The van der Waals surface area contributed by atoms with Gasteiger partial charge in [-0.15, -0.1) is 0 Å². The van der Waals surface area contributed by atoms with Crippen LogP contribution in [0.25, 0.3) is 5.57 Å². The number of nitrogens with one attached hydrogen (secondary N) is 1. The van der Waals surface area contributed by atoms with Gasteiger partial charge in [0.15, 0.2) is 11.5 Å². The van der Waals surface area contributed by atoms with Crippen LogP contribution in [0.5, 0.6) is 5.75 Å². The van der Waals surface area contributed by atoms with Gasteiger partial charge in [-0.2, -0.15) is 0 Å². The molecule has 1 heterocycles. The van der Waals surface area contributed by atoms with Gasteiger partial charge in [0.2, 0.25) is 6.41 Å². The maximum Gasteiger partial charge on any atom is 0.308 e. The zero-order valence-corrected chi connectivity index (χ0v) is 18.2. The van der Waals surface area contributed by atoms with Crippen molar-refractivity contribution in [2.24, 2.45) is 0 Å². The molecule has 0 spiro atoms. The van der Waals surface area contributed by atoms with Gasteiger partial charge in [0.05, 0.1) is 26.9 Å². The Labute approximate surface area is 186 Å². The van der Waals surface area contributed by atoms with Crippen molar-refractivity contribution < 1.29 is 33.7 Å². The molecule has 0 bridgehead atoms. The summed E-state index contributed by atoms with van der Waals surface area (Å²) in [5, 5.41) is 12.2. The quantitative estimate of drug-likeness (QED) is 0.187. The second-order valence-corrected chi connectivity index (χ2v) is 6.69. The lowest BCUT2D eigenvalue weighted by molar-refractivity contribution is -0.136. The Morgan fingerprint density at radius 1 is 1.25 bits per heavy atom. The molecule has 9 nitrogen and oxygen atoms in total. The molecule has 1 aliphatic heterocycles. The number of carbonyl (C=O) groups excluding carboxylic acids is 3. The van der Waals surface area contributed by atoms with E-state index in [0.717, 1.165) is 11.1 Å². The fraction of sp³-hybridized carbons (Fsp3) is 0.261. The number of hydrogen-bond donors (Lipinski definition) is 2. The van der Waals surface area contributed by atoms with E-state index in [1.807, 2.05) is 12.1 Å². The third kappa shape index (κ3) is 5.86. The summed E-state index contributed by atoms with van der Waals surface area (Å²) in [4.78, 5) is 37.0. The zero-order valence-electron chi connectivity index (χ0n) is 18.2. The van der Waals surface area contributed by atoms with Crippen LogP contribution in [0.2, 0.25) is 0 Å². The van der Waals surface area contributed by atoms with Crippen molar-refractivity contribution in [1.82, 2.24) is 10.2 Å². The third-order valence-electron chi connectivity index (χ3n) is 4.67. The molecule has 2 amide bonds. The highest BCUT2D eigenvalue weighted by Crippen LogP contribution is 2.31. The molecule has 0 fully saturated rings. The molecule has 32 heavy (non-hydrogen) atoms. The molecular weight excluding hydrogens is 416 g/mol. The van der Waals surface area contributed by atoms with Crippen molar-refractivity contribution in [3.05, 3.63) is 72.0 Å². The first-order chi connectivity index (χ1) is 15.4. The summed E-state index contributed by atoms with van der Waals surface area (Å²) in [6, 6.07) is 6.78. The molecule has 0 saturated carbocycles. The van der Waals surface area contributed by atoms with Gasteiger partial charge in [0.1, 0.15) is 11.4 Å². The third-order valence-corrected chi connectivity index (χ3v) is 4.67. The predicted octanol–water partition coefficient (Wildman–Crippen LogP) is 1.87. The van der Waals surface area contributed by atoms with E-state index in [0.29, 0.717) is 18.6 Å². The highest BCUT2D eigenvalue weighted by molar-refractivity contribution is 5.97. The van der Waals surface area contributed by atoms with Crippen molar-refractivity contribution in [2.45, 2.75) is 19.4 Å². The molecule has 9 heteroatoms. The monoisotopic (exact) mass is 442 g/mol. The maximum absolute atomic E-state index is 13.2. The van der Waals surface area contributed by atoms with E-state index in [2.05, 4.69) is 11.9 Å². The minimum absolute atomic E-state index is 0.00648. The maximum atomic E-state index is 13.2. The topological polar surface area (TPSA) is 114 Å². The summed E-state index contributed by atoms with van der Waals surface area (Å²) in [6.45, 7) is 4.48. The summed E-state index contributed by atoms with van der Waals surface area (Å²) < 4.78 is 15.4. The fourth-order valence-electron chi connectivity index (χ4n) is 3.13. The van der Waals surface area contributed by atoms with E-state index in [-0.39, 0.29) is 23.8 Å². The largest absolute Gasteiger partial charge is 0.497 e. The Bertz CT molecular complexity index is 961. The number of rotatable bonds is 10. The van der Waals surface area contributed by atoms with Gasteiger partial charge in [0, 0.05) is 19.2 Å². The van der Waals surface area contributed by atoms with Crippen LogP contribution in [0.4, 0.5) is 0 Å². The van der Waals surface area contributed by atoms with Gasteiger partial charge in [-0.1, -0.05) is 18.7 Å². The van der Waals surface area contributed by atoms with Crippen LogP contribution in [0.3, 0.4) is 0 Å². The summed E-state index contributed by atoms with van der Waals surface area (Å²) in [6.07, 6.45) is 4.86. The predicted molar refractivity (Wildman–Crippen MR) is 117 cm³/mol. The number of allylic oxidation sites excluding steroid dienone is 2. The van der Waals surface area contributed by atoms with Crippen molar-refractivity contribution in [3.8, 4) is 5.75 Å². The van der Waals surface area contributed by atoms with Gasteiger partial charge >= 0.3 is 5.97 Å². The van der Waals surface area contributed by atoms with E-state index >= 15 is 0 Å². The van der Waals surface area contributed by atoms with Crippen LogP contribution in [-0.4, -0.2) is 55.2 Å². The Morgan fingerprint density at radius 3 is 2.44 bits per heavy atom. The molecule has 2 rings (SSSR count). The van der Waals surface area contributed by atoms with Gasteiger partial charge in [-0.25, -0.2) is 0 Å². The van der Waals surface area contributed by atoms with Crippen molar-refractivity contribution in [1.29, 1.82) is 0 Å². The molecule has 0 aromatic heterocycles. The minimum Gasteiger partial charge on any atom is -0.497 e. The average Bonchev–Trinajstić information content (AvgIpc) is 3.24. The van der Waals surface area contributed by atoms with E-state index in [4.69, 9.17) is 14.2 Å². The standard InChI is InChI=1S/C23H26N2O7/c1-5-21(32-15(2)28)22(31-4)11-20(24-14-27)23(29)25-12-17(10-18(25)13-26)16-6-8-19(30-3)9-7-16/h5-9,11-12,14,18,26H,1,10,13H2,2-4H3,(H,24,27)/b20-11-,22-21-/t18-/m0/s1. The molecule has 0 radical (unpaired) electrons. The summed E-state index contributed by atoms with van der Waals surface area (Å²) >= 11 is 0. The minimum atomic E-state index is -0.606. The number of hydrogen-bond acceptors (Lipinski definition) is 7. The number of aliphatic hydroxyl groups is 1. The number of aliphatic hydroxyl groups excluding tert-OH is 1. The number of methoxy groups -OCH3 is 2. The number of esters is 1. The van der Waals surface area contributed by atoms with E-state index in [1.165, 1.54) is 31.1 Å². The second-order valence-electron chi connectivity index (χ2n) is 6.69. The zero-order chi connectivity index (χ0) is 23.7. The van der Waals surface area contributed by atoms with E-state index < -0.39 is 17.9 Å². The molecule has 0 unspecified atom stereocenters. The highest BCUT2D eigenvalue weighted by atomic mass is 16.6. The number of carbonyl (C=O) groups is 3. The molecule has 2 N–H and O–H groups in total. The van der Waals surface area contributed by atoms with Crippen LogP contribution in [0, 0.1) is 0 Å². The lowest BCUT2D eigenvalue weighted by Crippen LogP contribution is -2.39. The highest BCUT2D eigenvalue weighted by Gasteiger charge is 2.31. The average molecular weight is 442 g/mol. The first-order valence-corrected chi connectivity index (χ1v) is 9.68. The van der Waals surface area contributed by atoms with Crippen LogP contribution in [0.1, 0.15) is 18.9 Å². The van der Waals surface area contributed by atoms with Crippen molar-refractivity contribution in [2.75, 3.05) is 20.8 Å². The fourth-order valence-corrected chi connectivity index (χ4v) is 3.13. The van der Waals surface area contributed by atoms with Gasteiger partial charge in [0.25, 0.3) is 5.91 Å². The number of ether oxygens (including phenoxy) is 3. The first-order valence-electron chi connectivity index (χ1n) is 9.68. The summed E-state index contributed by atoms with van der Waals surface area (Å²) in [5.74, 6) is -0.504. The molecule has 1 aromatic rings. The second kappa shape index (κ2) is 11.5. The molecular formula is C23H26N2O7. The van der Waals surface area contributed by atoms with Crippen molar-refractivity contribution >= 4 is 23.9 Å². The van der Waals surface area contributed by atoms with Gasteiger partial charge in [-0.05, 0) is 35.8 Å². The number of amides is 2. The Balaban J connectivity index is 2.43. The Kier molecular flexibility index (Phi) is 8.79. The van der Waals surface area contributed by atoms with E-state index in [1.54, 1.807) is 25.4 Å². The first kappa shape index (κ1) is 24.4. The molecule has 1 atom stereocenters. The van der Waals surface area contributed by atoms with E-state index in [9.17, 15) is 19.5 Å². The molecule has 1 aliphatic rings. The molecule has 0 aliphatic carbocycles. The number of benzene rings is 1. The lowest BCUT2D eigenvalue weighted by atomic mass is 10.0. The van der Waals surface area contributed by atoms with Crippen LogP contribution < -0.4 is 10.1 Å². The smallest absolute Gasteiger partial charge is 0.308 e. The van der Waals surface area contributed by atoms with Crippen LogP contribution in [-0.2, 0) is 23.9 Å². The van der Waals surface area contributed by atoms with Crippen LogP contribution in [0.15, 0.2) is 66.4 Å². The molecule has 0 saturated heterocycles. The Hall–Kier alpha value is -3.85. The van der Waals surface area contributed by atoms with Crippen LogP contribution >= 0.6 is 0 Å².